The molecule has 1 heterocycles. The Morgan fingerprint density at radius 3 is 2.92 bits per heavy atom. The van der Waals surface area contributed by atoms with Gasteiger partial charge in [-0.1, -0.05) is 11.6 Å². The predicted molar refractivity (Wildman–Crippen MR) is 60.2 cm³/mol. The molecule has 0 radical (unpaired) electrons. The fraction of sp³-hybridized carbons (Fsp3) is 0. The highest BCUT2D eigenvalue weighted by molar-refractivity contribution is 14.1. The van der Waals surface area contributed by atoms with Crippen LogP contribution in [0.2, 0.25) is 5.02 Å². The molecule has 0 fully saturated rings. The molecular weight excluding hydrogens is 302 g/mol. The molecule has 0 bridgehead atoms. The van der Waals surface area contributed by atoms with Crippen molar-refractivity contribution in [1.29, 1.82) is 0 Å². The van der Waals surface area contributed by atoms with Gasteiger partial charge in [0.05, 0.1) is 8.96 Å². The second-order valence-electron chi connectivity index (χ2n) is 2.55. The van der Waals surface area contributed by atoms with Crippen LogP contribution in [0.3, 0.4) is 0 Å². The zero-order chi connectivity index (χ0) is 9.42. The van der Waals surface area contributed by atoms with E-state index in [1.165, 1.54) is 6.26 Å². The molecule has 2 nitrogen and oxygen atoms in total. The van der Waals surface area contributed by atoms with E-state index in [1.54, 1.807) is 18.2 Å². The summed E-state index contributed by atoms with van der Waals surface area (Å²) < 4.78 is 5.77. The first-order valence-electron chi connectivity index (χ1n) is 3.55. The van der Waals surface area contributed by atoms with Crippen molar-refractivity contribution in [3.8, 4) is 0 Å². The van der Waals surface area contributed by atoms with Crippen LogP contribution < -0.4 is 5.43 Å². The van der Waals surface area contributed by atoms with Gasteiger partial charge in [0.1, 0.15) is 11.8 Å². The minimum atomic E-state index is -0.0376. The molecule has 0 aliphatic heterocycles. The molecule has 0 N–H and O–H groups in total. The van der Waals surface area contributed by atoms with Crippen molar-refractivity contribution in [1.82, 2.24) is 0 Å². The molecule has 0 aliphatic rings. The molecule has 1 aromatic carbocycles. The van der Waals surface area contributed by atoms with Gasteiger partial charge in [0.2, 0.25) is 5.43 Å². The molecule has 66 valence electrons. The number of benzene rings is 1. The Morgan fingerprint density at radius 1 is 1.38 bits per heavy atom. The molecule has 13 heavy (non-hydrogen) atoms. The standard InChI is InChI=1S/C9H4ClIO2/c10-5-1-2-8-6(3-5)9(12)7(11)4-13-8/h1-4H. The molecule has 0 spiro atoms. The normalized spacial score (nSPS) is 10.6. The van der Waals surface area contributed by atoms with Crippen molar-refractivity contribution >= 4 is 45.2 Å². The highest BCUT2D eigenvalue weighted by Crippen LogP contribution is 2.17. The Labute approximate surface area is 92.6 Å². The van der Waals surface area contributed by atoms with E-state index in [-0.39, 0.29) is 5.43 Å². The van der Waals surface area contributed by atoms with Gasteiger partial charge in [-0.3, -0.25) is 4.79 Å². The predicted octanol–water partition coefficient (Wildman–Crippen LogP) is 3.05. The average molecular weight is 306 g/mol. The van der Waals surface area contributed by atoms with Gasteiger partial charge in [-0.2, -0.15) is 0 Å². The third-order valence-corrected chi connectivity index (χ3v) is 2.67. The maximum Gasteiger partial charge on any atom is 0.206 e. The molecule has 0 saturated carbocycles. The molecule has 2 aromatic rings. The van der Waals surface area contributed by atoms with Crippen molar-refractivity contribution in [3.05, 3.63) is 43.3 Å². The summed E-state index contributed by atoms with van der Waals surface area (Å²) in [6, 6.07) is 5.00. The van der Waals surface area contributed by atoms with Gasteiger partial charge in [-0.25, -0.2) is 0 Å². The smallest absolute Gasteiger partial charge is 0.206 e. The minimum Gasteiger partial charge on any atom is -0.463 e. The summed E-state index contributed by atoms with van der Waals surface area (Å²) in [5, 5.41) is 1.07. The quantitative estimate of drug-likeness (QED) is 0.700. The second-order valence-corrected chi connectivity index (χ2v) is 4.15. The Kier molecular flexibility index (Phi) is 2.29. The first-order chi connectivity index (χ1) is 6.18. The van der Waals surface area contributed by atoms with Crippen LogP contribution in [-0.2, 0) is 0 Å². The van der Waals surface area contributed by atoms with Gasteiger partial charge in [0.15, 0.2) is 0 Å². The monoisotopic (exact) mass is 306 g/mol. The molecule has 0 saturated heterocycles. The summed E-state index contributed by atoms with van der Waals surface area (Å²) in [6.07, 6.45) is 1.44. The fourth-order valence-corrected chi connectivity index (χ4v) is 1.67. The van der Waals surface area contributed by atoms with Crippen LogP contribution >= 0.6 is 34.2 Å². The maximum absolute atomic E-state index is 11.6. The van der Waals surface area contributed by atoms with Gasteiger partial charge in [-0.15, -0.1) is 0 Å². The molecule has 0 atom stereocenters. The summed E-state index contributed by atoms with van der Waals surface area (Å²) in [4.78, 5) is 11.6. The number of fused-ring (bicyclic) bond motifs is 1. The summed E-state index contributed by atoms with van der Waals surface area (Å²) in [7, 11) is 0. The number of hydrogen-bond acceptors (Lipinski definition) is 2. The number of hydrogen-bond donors (Lipinski definition) is 0. The summed E-state index contributed by atoms with van der Waals surface area (Å²) in [5.74, 6) is 0. The van der Waals surface area contributed by atoms with E-state index in [0.29, 0.717) is 19.6 Å². The van der Waals surface area contributed by atoms with Crippen molar-refractivity contribution in [2.45, 2.75) is 0 Å². The molecule has 0 aliphatic carbocycles. The zero-order valence-corrected chi connectivity index (χ0v) is 9.30. The zero-order valence-electron chi connectivity index (χ0n) is 6.38. The van der Waals surface area contributed by atoms with Gasteiger partial charge in [-0.05, 0) is 40.8 Å². The largest absolute Gasteiger partial charge is 0.463 e. The highest BCUT2D eigenvalue weighted by atomic mass is 127. The van der Waals surface area contributed by atoms with E-state index in [9.17, 15) is 4.79 Å². The van der Waals surface area contributed by atoms with Gasteiger partial charge in [0.25, 0.3) is 0 Å². The lowest BCUT2D eigenvalue weighted by Gasteiger charge is -1.96. The van der Waals surface area contributed by atoms with E-state index in [0.717, 1.165) is 0 Å². The molecule has 0 amide bonds. The van der Waals surface area contributed by atoms with Gasteiger partial charge >= 0.3 is 0 Å². The average Bonchev–Trinajstić information content (AvgIpc) is 2.12. The van der Waals surface area contributed by atoms with Crippen molar-refractivity contribution < 1.29 is 4.42 Å². The topological polar surface area (TPSA) is 30.2 Å². The van der Waals surface area contributed by atoms with Crippen LogP contribution in [0.25, 0.3) is 11.0 Å². The van der Waals surface area contributed by atoms with Gasteiger partial charge < -0.3 is 4.42 Å². The van der Waals surface area contributed by atoms with Crippen LogP contribution in [0.5, 0.6) is 0 Å². The van der Waals surface area contributed by atoms with E-state index < -0.39 is 0 Å². The van der Waals surface area contributed by atoms with Crippen molar-refractivity contribution in [2.75, 3.05) is 0 Å². The van der Waals surface area contributed by atoms with Crippen LogP contribution in [-0.4, -0.2) is 0 Å². The van der Waals surface area contributed by atoms with Crippen LogP contribution in [0.1, 0.15) is 0 Å². The van der Waals surface area contributed by atoms with Crippen LogP contribution in [0.4, 0.5) is 0 Å². The third kappa shape index (κ3) is 1.58. The molecular formula is C9H4ClIO2. The third-order valence-electron chi connectivity index (χ3n) is 1.69. The van der Waals surface area contributed by atoms with Crippen molar-refractivity contribution in [2.24, 2.45) is 0 Å². The Morgan fingerprint density at radius 2 is 2.15 bits per heavy atom. The summed E-state index contributed by atoms with van der Waals surface area (Å²) in [5.41, 5.74) is 0.527. The fourth-order valence-electron chi connectivity index (χ4n) is 1.08. The summed E-state index contributed by atoms with van der Waals surface area (Å²) >= 11 is 7.69. The lowest BCUT2D eigenvalue weighted by molar-refractivity contribution is 0.598. The van der Waals surface area contributed by atoms with Gasteiger partial charge in [0, 0.05) is 5.02 Å². The van der Waals surface area contributed by atoms with E-state index in [2.05, 4.69) is 0 Å². The number of rotatable bonds is 0. The van der Waals surface area contributed by atoms with Crippen molar-refractivity contribution in [3.63, 3.8) is 0 Å². The highest BCUT2D eigenvalue weighted by Gasteiger charge is 2.04. The van der Waals surface area contributed by atoms with Crippen LogP contribution in [0, 0.1) is 3.57 Å². The molecule has 4 heteroatoms. The van der Waals surface area contributed by atoms with E-state index in [4.69, 9.17) is 16.0 Å². The lowest BCUT2D eigenvalue weighted by Crippen LogP contribution is -2.03. The first kappa shape index (κ1) is 9.02. The summed E-state index contributed by atoms with van der Waals surface area (Å²) in [6.45, 7) is 0. The van der Waals surface area contributed by atoms with Crippen LogP contribution in [0.15, 0.2) is 33.7 Å². The molecule has 0 unspecified atom stereocenters. The lowest BCUT2D eigenvalue weighted by atomic mass is 10.2. The Hall–Kier alpha value is -0.550. The van der Waals surface area contributed by atoms with E-state index in [1.807, 2.05) is 22.6 Å². The minimum absolute atomic E-state index is 0.0376. The Balaban J connectivity index is 2.97. The van der Waals surface area contributed by atoms with E-state index >= 15 is 0 Å². The Bertz CT molecular complexity index is 513. The second kappa shape index (κ2) is 3.31. The molecule has 2 rings (SSSR count). The first-order valence-corrected chi connectivity index (χ1v) is 5.01. The SMILES string of the molecule is O=c1c(I)coc2ccc(Cl)cc12. The maximum atomic E-state index is 11.6. The number of halogens is 2. The molecule has 1 aromatic heterocycles.